The summed E-state index contributed by atoms with van der Waals surface area (Å²) in [6, 6.07) is 18.4. The molecule has 0 fully saturated rings. The number of hydrogen-bond donors (Lipinski definition) is 0. The second-order valence-electron chi connectivity index (χ2n) is 7.50. The monoisotopic (exact) mass is 392 g/mol. The number of halogens is 1. The van der Waals surface area contributed by atoms with Gasteiger partial charge in [-0.05, 0) is 54.8 Å². The quantitative estimate of drug-likeness (QED) is 0.422. The van der Waals surface area contributed by atoms with E-state index < -0.39 is 0 Å². The summed E-state index contributed by atoms with van der Waals surface area (Å²) in [5, 5.41) is 0. The lowest BCUT2D eigenvalue weighted by Crippen LogP contribution is -2.33. The number of unbranched alkanes of at least 4 members (excludes halogenated alkanes) is 2. The number of benzene rings is 2. The number of nitrogens with zero attached hydrogens (tertiary/aromatic N) is 2. The first-order valence-electron chi connectivity index (χ1n) is 10.3. The van der Waals surface area contributed by atoms with Gasteiger partial charge in [-0.1, -0.05) is 50.1 Å². The summed E-state index contributed by atoms with van der Waals surface area (Å²) in [4.78, 5) is 15.2. The van der Waals surface area contributed by atoms with E-state index in [1.807, 2.05) is 48.4 Å². The van der Waals surface area contributed by atoms with Gasteiger partial charge in [0, 0.05) is 30.5 Å². The second kappa shape index (κ2) is 10.1. The number of carbonyl (C=O) groups excluding carboxylic acids is 1. The van der Waals surface area contributed by atoms with Crippen molar-refractivity contribution in [1.29, 1.82) is 0 Å². The Balaban J connectivity index is 1.79. The van der Waals surface area contributed by atoms with Gasteiger partial charge in [0.1, 0.15) is 5.82 Å². The minimum absolute atomic E-state index is 0.0775. The van der Waals surface area contributed by atoms with Crippen molar-refractivity contribution >= 4 is 5.91 Å². The van der Waals surface area contributed by atoms with Crippen molar-refractivity contribution in [1.82, 2.24) is 9.47 Å². The molecular formula is C25H29FN2O. The van der Waals surface area contributed by atoms with Crippen LogP contribution in [0.1, 0.15) is 53.4 Å². The van der Waals surface area contributed by atoms with E-state index in [2.05, 4.69) is 17.6 Å². The third-order valence-corrected chi connectivity index (χ3v) is 5.24. The Morgan fingerprint density at radius 3 is 2.48 bits per heavy atom. The topological polar surface area (TPSA) is 25.2 Å². The molecule has 0 atom stereocenters. The average Bonchev–Trinajstić information content (AvgIpc) is 3.15. The molecule has 1 aromatic heterocycles. The average molecular weight is 393 g/mol. The molecule has 3 aromatic rings. The molecule has 0 aliphatic heterocycles. The summed E-state index contributed by atoms with van der Waals surface area (Å²) in [6.07, 6.45) is 5.23. The van der Waals surface area contributed by atoms with Crippen molar-refractivity contribution in [3.05, 3.63) is 95.1 Å². The van der Waals surface area contributed by atoms with Crippen molar-refractivity contribution in [3.8, 4) is 0 Å². The molecule has 0 radical (unpaired) electrons. The second-order valence-corrected chi connectivity index (χ2v) is 7.50. The maximum atomic E-state index is 13.3. The Bertz CT molecular complexity index is 930. The Hall–Kier alpha value is -2.88. The molecule has 0 unspecified atom stereocenters. The fourth-order valence-electron chi connectivity index (χ4n) is 3.52. The Kier molecular flexibility index (Phi) is 7.23. The van der Waals surface area contributed by atoms with E-state index in [9.17, 15) is 9.18 Å². The first-order chi connectivity index (χ1) is 14.1. The van der Waals surface area contributed by atoms with E-state index in [0.717, 1.165) is 48.2 Å². The summed E-state index contributed by atoms with van der Waals surface area (Å²) in [5.74, 6) is -0.152. The van der Waals surface area contributed by atoms with E-state index in [0.29, 0.717) is 13.1 Å². The normalized spacial score (nSPS) is 10.9. The van der Waals surface area contributed by atoms with E-state index in [1.165, 1.54) is 12.1 Å². The number of amides is 1. The van der Waals surface area contributed by atoms with Crippen LogP contribution in [0.3, 0.4) is 0 Å². The zero-order valence-corrected chi connectivity index (χ0v) is 17.3. The number of hydrogen-bond acceptors (Lipinski definition) is 1. The van der Waals surface area contributed by atoms with Crippen LogP contribution < -0.4 is 0 Å². The van der Waals surface area contributed by atoms with Gasteiger partial charge in [0.05, 0.1) is 6.54 Å². The molecule has 0 spiro atoms. The standard InChI is InChI=1S/C25H29FN2O/c1-3-4-7-16-28(25(29)24-11-6-5-9-20(24)2)19-23-10-8-17-27(23)18-21-12-14-22(26)15-13-21/h5-6,8-15,17H,3-4,7,16,18-19H2,1-2H3. The minimum Gasteiger partial charge on any atom is -0.345 e. The number of aryl methyl sites for hydroxylation is 1. The number of aromatic nitrogens is 1. The van der Waals surface area contributed by atoms with Gasteiger partial charge in [0.25, 0.3) is 5.91 Å². The predicted molar refractivity (Wildman–Crippen MR) is 115 cm³/mol. The first kappa shape index (κ1) is 20.8. The summed E-state index contributed by atoms with van der Waals surface area (Å²) < 4.78 is 15.3. The maximum Gasteiger partial charge on any atom is 0.254 e. The Morgan fingerprint density at radius 2 is 1.76 bits per heavy atom. The van der Waals surface area contributed by atoms with Crippen LogP contribution in [0.15, 0.2) is 66.9 Å². The molecule has 0 aliphatic carbocycles. The van der Waals surface area contributed by atoms with Crippen LogP contribution in [-0.4, -0.2) is 21.9 Å². The molecule has 1 heterocycles. The first-order valence-corrected chi connectivity index (χ1v) is 10.3. The van der Waals surface area contributed by atoms with E-state index in [1.54, 1.807) is 12.1 Å². The van der Waals surface area contributed by atoms with Crippen molar-refractivity contribution < 1.29 is 9.18 Å². The molecule has 2 aromatic carbocycles. The number of rotatable bonds is 9. The highest BCUT2D eigenvalue weighted by atomic mass is 19.1. The van der Waals surface area contributed by atoms with Gasteiger partial charge in [0.2, 0.25) is 0 Å². The van der Waals surface area contributed by atoms with Gasteiger partial charge in [-0.25, -0.2) is 4.39 Å². The van der Waals surface area contributed by atoms with Crippen molar-refractivity contribution in [2.75, 3.05) is 6.54 Å². The van der Waals surface area contributed by atoms with Gasteiger partial charge in [-0.2, -0.15) is 0 Å². The highest BCUT2D eigenvalue weighted by Crippen LogP contribution is 2.16. The SMILES string of the molecule is CCCCCN(Cc1cccn1Cc1ccc(F)cc1)C(=O)c1ccccc1C. The molecule has 0 aliphatic rings. The fourth-order valence-corrected chi connectivity index (χ4v) is 3.52. The highest BCUT2D eigenvalue weighted by Gasteiger charge is 2.18. The van der Waals surface area contributed by atoms with E-state index in [-0.39, 0.29) is 11.7 Å². The molecule has 29 heavy (non-hydrogen) atoms. The summed E-state index contributed by atoms with van der Waals surface area (Å²) >= 11 is 0. The third-order valence-electron chi connectivity index (χ3n) is 5.24. The predicted octanol–water partition coefficient (Wildman–Crippen LogP) is 5.82. The van der Waals surface area contributed by atoms with Gasteiger partial charge in [-0.3, -0.25) is 4.79 Å². The molecule has 0 bridgehead atoms. The zero-order chi connectivity index (χ0) is 20.6. The maximum absolute atomic E-state index is 13.3. The van der Waals surface area contributed by atoms with Gasteiger partial charge in [0.15, 0.2) is 0 Å². The Labute approximate surface area is 172 Å². The van der Waals surface area contributed by atoms with Crippen molar-refractivity contribution in [2.45, 2.75) is 46.2 Å². The van der Waals surface area contributed by atoms with Crippen LogP contribution in [0.2, 0.25) is 0 Å². The van der Waals surface area contributed by atoms with Crippen molar-refractivity contribution in [2.24, 2.45) is 0 Å². The van der Waals surface area contributed by atoms with E-state index >= 15 is 0 Å². The zero-order valence-electron chi connectivity index (χ0n) is 17.3. The van der Waals surface area contributed by atoms with E-state index in [4.69, 9.17) is 0 Å². The van der Waals surface area contributed by atoms with Crippen LogP contribution in [0.4, 0.5) is 4.39 Å². The van der Waals surface area contributed by atoms with Gasteiger partial charge >= 0.3 is 0 Å². The van der Waals surface area contributed by atoms with Crippen LogP contribution in [0.5, 0.6) is 0 Å². The van der Waals surface area contributed by atoms with Crippen LogP contribution in [0, 0.1) is 12.7 Å². The molecule has 0 N–H and O–H groups in total. The molecule has 3 nitrogen and oxygen atoms in total. The molecule has 152 valence electrons. The lowest BCUT2D eigenvalue weighted by Gasteiger charge is -2.24. The summed E-state index contributed by atoms with van der Waals surface area (Å²) in [6.45, 7) is 6.10. The summed E-state index contributed by atoms with van der Waals surface area (Å²) in [5.41, 5.74) is 3.87. The highest BCUT2D eigenvalue weighted by molar-refractivity contribution is 5.95. The van der Waals surface area contributed by atoms with Crippen LogP contribution >= 0.6 is 0 Å². The number of carbonyl (C=O) groups is 1. The molecule has 0 saturated heterocycles. The Morgan fingerprint density at radius 1 is 1.00 bits per heavy atom. The lowest BCUT2D eigenvalue weighted by atomic mass is 10.1. The minimum atomic E-state index is -0.229. The molecular weight excluding hydrogens is 363 g/mol. The van der Waals surface area contributed by atoms with Crippen molar-refractivity contribution in [3.63, 3.8) is 0 Å². The summed E-state index contributed by atoms with van der Waals surface area (Å²) in [7, 11) is 0. The molecule has 4 heteroatoms. The van der Waals surface area contributed by atoms with Gasteiger partial charge < -0.3 is 9.47 Å². The van der Waals surface area contributed by atoms with Gasteiger partial charge in [-0.15, -0.1) is 0 Å². The molecule has 0 saturated carbocycles. The molecule has 1 amide bonds. The van der Waals surface area contributed by atoms with Crippen LogP contribution in [-0.2, 0) is 13.1 Å². The fraction of sp³-hybridized carbons (Fsp3) is 0.320. The van der Waals surface area contributed by atoms with Crippen LogP contribution in [0.25, 0.3) is 0 Å². The third kappa shape index (κ3) is 5.57. The lowest BCUT2D eigenvalue weighted by molar-refractivity contribution is 0.0735. The smallest absolute Gasteiger partial charge is 0.254 e. The largest absolute Gasteiger partial charge is 0.345 e. The molecule has 3 rings (SSSR count).